The number of rotatable bonds is 13. The summed E-state index contributed by atoms with van der Waals surface area (Å²) in [4.78, 5) is 60.7. The molecule has 0 radical (unpaired) electrons. The van der Waals surface area contributed by atoms with E-state index in [0.29, 0.717) is 57.9 Å². The van der Waals surface area contributed by atoms with Crippen LogP contribution in [0.4, 0.5) is 0 Å². The number of imide groups is 2. The SMILES string of the molecule is CCCCCCC(CCCCCC)N1C(=O)c2ccc3c4ccc5c6c(ccc(c7ccc(c2c37)C1=O)c64)C(=O)N(CC1CC2CC(C1C)C2(C)C)C5=O. The van der Waals surface area contributed by atoms with E-state index in [1.54, 1.807) is 4.90 Å². The van der Waals surface area contributed by atoms with Crippen LogP contribution in [0, 0.1) is 29.1 Å². The van der Waals surface area contributed by atoms with Crippen molar-refractivity contribution in [3.8, 4) is 0 Å². The Bertz CT molecular complexity index is 2240. The van der Waals surface area contributed by atoms with Crippen LogP contribution >= 0.6 is 0 Å². The first-order valence-electron chi connectivity index (χ1n) is 21.0. The molecule has 10 rings (SSSR count). The van der Waals surface area contributed by atoms with Crippen molar-refractivity contribution in [2.45, 2.75) is 118 Å². The molecule has 0 N–H and O–H groups in total. The number of carbonyl (C=O) groups excluding carboxylic acids is 4. The Morgan fingerprint density at radius 3 is 1.44 bits per heavy atom. The average Bonchev–Trinajstić information content (AvgIpc) is 3.17. The van der Waals surface area contributed by atoms with Crippen LogP contribution in [-0.2, 0) is 0 Å². The fourth-order valence-corrected chi connectivity index (χ4v) is 11.6. The number of nitrogens with zero attached hydrogens (tertiary/aromatic N) is 2. The Hall–Kier alpha value is -4.32. The summed E-state index contributed by atoms with van der Waals surface area (Å²) in [6, 6.07) is 15.6. The van der Waals surface area contributed by atoms with Gasteiger partial charge in [0.15, 0.2) is 0 Å². The van der Waals surface area contributed by atoms with Crippen LogP contribution in [-0.4, -0.2) is 46.0 Å². The minimum absolute atomic E-state index is 0.112. The predicted molar refractivity (Wildman–Crippen MR) is 217 cm³/mol. The zero-order chi connectivity index (χ0) is 37.6. The molecule has 2 aliphatic heterocycles. The van der Waals surface area contributed by atoms with E-state index in [1.165, 1.54) is 11.3 Å². The fourth-order valence-electron chi connectivity index (χ4n) is 11.6. The Balaban J connectivity index is 1.11. The quantitative estimate of drug-likeness (QED) is 0.0525. The molecule has 4 atom stereocenters. The van der Waals surface area contributed by atoms with Gasteiger partial charge in [-0.05, 0) is 111 Å². The molecule has 0 aromatic heterocycles. The van der Waals surface area contributed by atoms with Crippen LogP contribution < -0.4 is 0 Å². The standard InChI is InChI=1S/C48H54N2O4/c1-6-8-10-12-14-30(15-13-11-9-7-2)50-46(53)37-22-18-33-31-16-20-35-42-36(21-17-32(40(31)42)34-19-23-38(47(50)54)43(37)41(33)34)45(52)49(44(35)51)26-28-24-29-25-39(27(28)3)48(29,4)5/h16-23,27-30,39H,6-15,24-26H2,1-5H3. The third-order valence-electron chi connectivity index (χ3n) is 14.8. The highest BCUT2D eigenvalue weighted by molar-refractivity contribution is 6.41. The molecular weight excluding hydrogens is 669 g/mol. The number of amides is 4. The van der Waals surface area contributed by atoms with Gasteiger partial charge in [-0.15, -0.1) is 0 Å². The molecule has 4 amide bonds. The third-order valence-corrected chi connectivity index (χ3v) is 14.8. The smallest absolute Gasteiger partial charge is 0.261 e. The third kappa shape index (κ3) is 5.03. The van der Waals surface area contributed by atoms with Gasteiger partial charge < -0.3 is 0 Å². The topological polar surface area (TPSA) is 74.8 Å². The van der Waals surface area contributed by atoms with Gasteiger partial charge in [-0.25, -0.2) is 0 Å². The zero-order valence-electron chi connectivity index (χ0n) is 32.7. The number of hydrogen-bond donors (Lipinski definition) is 0. The van der Waals surface area contributed by atoms with Crippen LogP contribution in [0.2, 0.25) is 0 Å². The molecule has 4 unspecified atom stereocenters. The zero-order valence-corrected chi connectivity index (χ0v) is 32.7. The maximum atomic E-state index is 14.5. The van der Waals surface area contributed by atoms with Crippen LogP contribution in [0.5, 0.6) is 0 Å². The number of carbonyl (C=O) groups is 4. The molecule has 0 spiro atoms. The van der Waals surface area contributed by atoms with E-state index in [2.05, 4.69) is 34.6 Å². The molecule has 3 aliphatic carbocycles. The van der Waals surface area contributed by atoms with Crippen molar-refractivity contribution in [1.82, 2.24) is 9.80 Å². The van der Waals surface area contributed by atoms with Crippen molar-refractivity contribution in [2.24, 2.45) is 29.1 Å². The number of unbranched alkanes of at least 4 members (excludes halogenated alkanes) is 6. The van der Waals surface area contributed by atoms with E-state index >= 15 is 0 Å². The maximum Gasteiger partial charge on any atom is 0.261 e. The first-order chi connectivity index (χ1) is 26.1. The van der Waals surface area contributed by atoms with E-state index in [4.69, 9.17) is 0 Å². The van der Waals surface area contributed by atoms with Crippen molar-refractivity contribution in [3.05, 3.63) is 70.8 Å². The van der Waals surface area contributed by atoms with Gasteiger partial charge in [-0.2, -0.15) is 0 Å². The molecule has 54 heavy (non-hydrogen) atoms. The second-order valence-corrected chi connectivity index (χ2v) is 17.9. The Morgan fingerprint density at radius 1 is 0.593 bits per heavy atom. The molecule has 2 bridgehead atoms. The summed E-state index contributed by atoms with van der Waals surface area (Å²) in [6.45, 7) is 12.0. The molecular formula is C48H54N2O4. The van der Waals surface area contributed by atoms with Crippen LogP contribution in [0.3, 0.4) is 0 Å². The molecule has 5 aromatic carbocycles. The van der Waals surface area contributed by atoms with E-state index < -0.39 is 0 Å². The van der Waals surface area contributed by atoms with Crippen molar-refractivity contribution in [1.29, 1.82) is 0 Å². The lowest BCUT2D eigenvalue weighted by molar-refractivity contribution is -0.130. The molecule has 6 heteroatoms. The Kier molecular flexibility index (Phi) is 8.63. The van der Waals surface area contributed by atoms with E-state index in [9.17, 15) is 19.2 Å². The Morgan fingerprint density at radius 2 is 1.04 bits per heavy atom. The largest absolute Gasteiger partial charge is 0.274 e. The van der Waals surface area contributed by atoms with E-state index in [1.807, 2.05) is 48.5 Å². The van der Waals surface area contributed by atoms with Crippen LogP contribution in [0.1, 0.15) is 153 Å². The van der Waals surface area contributed by atoms with E-state index in [0.717, 1.165) is 114 Å². The van der Waals surface area contributed by atoms with Crippen LogP contribution in [0.25, 0.3) is 43.1 Å². The summed E-state index contributed by atoms with van der Waals surface area (Å²) in [5, 5.41) is 7.02. The molecule has 280 valence electrons. The summed E-state index contributed by atoms with van der Waals surface area (Å²) in [5.41, 5.74) is 2.68. The monoisotopic (exact) mass is 722 g/mol. The predicted octanol–water partition coefficient (Wildman–Crippen LogP) is 11.6. The van der Waals surface area contributed by atoms with Gasteiger partial charge in [0, 0.05) is 45.6 Å². The molecule has 5 aromatic rings. The molecule has 3 fully saturated rings. The summed E-state index contributed by atoms with van der Waals surface area (Å²) < 4.78 is 0. The summed E-state index contributed by atoms with van der Waals surface area (Å²) in [5.74, 6) is 1.30. The molecule has 3 saturated carbocycles. The lowest BCUT2D eigenvalue weighted by Gasteiger charge is -2.62. The summed E-state index contributed by atoms with van der Waals surface area (Å²) in [6.07, 6.45) is 12.9. The van der Waals surface area contributed by atoms with Crippen LogP contribution in [0.15, 0.2) is 48.5 Å². The highest BCUT2D eigenvalue weighted by Crippen LogP contribution is 2.63. The van der Waals surface area contributed by atoms with Gasteiger partial charge in [0.05, 0.1) is 0 Å². The maximum absolute atomic E-state index is 14.5. The van der Waals surface area contributed by atoms with Crippen molar-refractivity contribution in [2.75, 3.05) is 6.54 Å². The molecule has 6 nitrogen and oxygen atoms in total. The second kappa shape index (κ2) is 13.2. The van der Waals surface area contributed by atoms with Crippen molar-refractivity contribution in [3.63, 3.8) is 0 Å². The van der Waals surface area contributed by atoms with Gasteiger partial charge >= 0.3 is 0 Å². The Labute approximate surface area is 318 Å². The summed E-state index contributed by atoms with van der Waals surface area (Å²) in [7, 11) is 0. The van der Waals surface area contributed by atoms with Crippen molar-refractivity contribution < 1.29 is 19.2 Å². The second-order valence-electron chi connectivity index (χ2n) is 17.9. The highest BCUT2D eigenvalue weighted by atomic mass is 16.2. The first-order valence-corrected chi connectivity index (χ1v) is 21.0. The lowest BCUT2D eigenvalue weighted by atomic mass is 9.43. The minimum Gasteiger partial charge on any atom is -0.274 e. The fraction of sp³-hybridized carbons (Fsp3) is 0.500. The summed E-state index contributed by atoms with van der Waals surface area (Å²) >= 11 is 0. The minimum atomic E-state index is -0.201. The molecule has 5 aliphatic rings. The molecule has 0 saturated heterocycles. The lowest BCUT2D eigenvalue weighted by Crippen LogP contribution is -2.57. The van der Waals surface area contributed by atoms with Gasteiger partial charge in [0.2, 0.25) is 0 Å². The highest BCUT2D eigenvalue weighted by Gasteiger charge is 2.56. The first kappa shape index (κ1) is 35.4. The van der Waals surface area contributed by atoms with Gasteiger partial charge in [0.25, 0.3) is 23.6 Å². The number of benzene rings is 5. The van der Waals surface area contributed by atoms with Gasteiger partial charge in [-0.3, -0.25) is 29.0 Å². The van der Waals surface area contributed by atoms with Gasteiger partial charge in [-0.1, -0.05) is 110 Å². The van der Waals surface area contributed by atoms with E-state index in [-0.39, 0.29) is 29.7 Å². The number of fused-ring (bicyclic) bond motifs is 4. The molecule has 2 heterocycles. The number of hydrogen-bond acceptors (Lipinski definition) is 4. The normalized spacial score (nSPS) is 23.2. The van der Waals surface area contributed by atoms with Crippen molar-refractivity contribution >= 4 is 66.7 Å². The average molecular weight is 723 g/mol. The van der Waals surface area contributed by atoms with Gasteiger partial charge in [0.1, 0.15) is 0 Å².